The smallest absolute Gasteiger partial charge is 0.310 e. The van der Waals surface area contributed by atoms with Gasteiger partial charge in [-0.3, -0.25) is 14.5 Å². The normalized spacial score (nSPS) is 18.5. The second kappa shape index (κ2) is 6.62. The minimum Gasteiger partial charge on any atom is -0.469 e. The van der Waals surface area contributed by atoms with Gasteiger partial charge in [-0.2, -0.15) is 0 Å². The van der Waals surface area contributed by atoms with Crippen molar-refractivity contribution in [2.24, 2.45) is 5.92 Å². The van der Waals surface area contributed by atoms with Crippen LogP contribution in [0.5, 0.6) is 0 Å². The van der Waals surface area contributed by atoms with Gasteiger partial charge in [-0.05, 0) is 25.1 Å². The van der Waals surface area contributed by atoms with E-state index in [1.165, 1.54) is 13.2 Å². The van der Waals surface area contributed by atoms with Gasteiger partial charge in [0.25, 0.3) is 0 Å². The molecular weight excluding hydrogens is 282 g/mol. The molecule has 0 bridgehead atoms. The first-order chi connectivity index (χ1) is 9.99. The van der Waals surface area contributed by atoms with Crippen molar-refractivity contribution in [1.82, 2.24) is 4.90 Å². The maximum absolute atomic E-state index is 13.0. The SMILES string of the molecule is COC(=O)C1CCN(CC(=O)Nc2ccc(F)c(F)c2)C1. The highest BCUT2D eigenvalue weighted by Crippen LogP contribution is 2.18. The summed E-state index contributed by atoms with van der Waals surface area (Å²) in [5, 5.41) is 2.49. The number of hydrogen-bond donors (Lipinski definition) is 1. The van der Waals surface area contributed by atoms with Gasteiger partial charge in [0.2, 0.25) is 5.91 Å². The van der Waals surface area contributed by atoms with Crippen molar-refractivity contribution in [3.05, 3.63) is 29.8 Å². The Bertz CT molecular complexity index is 551. The molecule has 1 unspecified atom stereocenters. The first-order valence-corrected chi connectivity index (χ1v) is 6.54. The molecule has 0 aliphatic carbocycles. The lowest BCUT2D eigenvalue weighted by Crippen LogP contribution is -2.32. The van der Waals surface area contributed by atoms with Crippen molar-refractivity contribution >= 4 is 17.6 Å². The number of benzene rings is 1. The van der Waals surface area contributed by atoms with E-state index in [0.717, 1.165) is 12.1 Å². The zero-order chi connectivity index (χ0) is 15.4. The lowest BCUT2D eigenvalue weighted by molar-refractivity contribution is -0.145. The monoisotopic (exact) mass is 298 g/mol. The number of nitrogens with zero attached hydrogens (tertiary/aromatic N) is 1. The first-order valence-electron chi connectivity index (χ1n) is 6.54. The van der Waals surface area contributed by atoms with Crippen LogP contribution in [-0.2, 0) is 14.3 Å². The molecular formula is C14H16F2N2O3. The second-order valence-corrected chi connectivity index (χ2v) is 4.92. The molecule has 21 heavy (non-hydrogen) atoms. The number of ether oxygens (including phenoxy) is 1. The molecule has 1 saturated heterocycles. The summed E-state index contributed by atoms with van der Waals surface area (Å²) in [7, 11) is 1.33. The van der Waals surface area contributed by atoms with Crippen LogP contribution in [-0.4, -0.2) is 43.5 Å². The Balaban J connectivity index is 1.85. The molecule has 1 aliphatic heterocycles. The molecule has 1 N–H and O–H groups in total. The number of carbonyl (C=O) groups is 2. The summed E-state index contributed by atoms with van der Waals surface area (Å²) in [4.78, 5) is 25.0. The number of anilines is 1. The van der Waals surface area contributed by atoms with E-state index in [2.05, 4.69) is 10.1 Å². The summed E-state index contributed by atoms with van der Waals surface area (Å²) in [5.74, 6) is -2.82. The van der Waals surface area contributed by atoms with E-state index in [9.17, 15) is 18.4 Å². The Kier molecular flexibility index (Phi) is 4.85. The number of hydrogen-bond acceptors (Lipinski definition) is 4. The van der Waals surface area contributed by atoms with Crippen LogP contribution in [0, 0.1) is 17.6 Å². The van der Waals surface area contributed by atoms with Gasteiger partial charge in [-0.25, -0.2) is 8.78 Å². The molecule has 1 fully saturated rings. The second-order valence-electron chi connectivity index (χ2n) is 4.92. The van der Waals surface area contributed by atoms with E-state index in [1.54, 1.807) is 0 Å². The first kappa shape index (κ1) is 15.4. The molecule has 0 saturated carbocycles. The molecule has 0 radical (unpaired) electrons. The highest BCUT2D eigenvalue weighted by Gasteiger charge is 2.29. The number of likely N-dealkylation sites (tertiary alicyclic amines) is 1. The van der Waals surface area contributed by atoms with Crippen LogP contribution in [0.3, 0.4) is 0 Å². The van der Waals surface area contributed by atoms with E-state index in [0.29, 0.717) is 19.5 Å². The van der Waals surface area contributed by atoms with Gasteiger partial charge in [-0.15, -0.1) is 0 Å². The number of nitrogens with one attached hydrogen (secondary N) is 1. The largest absolute Gasteiger partial charge is 0.469 e. The van der Waals surface area contributed by atoms with Crippen LogP contribution in [0.25, 0.3) is 0 Å². The van der Waals surface area contributed by atoms with E-state index in [-0.39, 0.29) is 30.0 Å². The zero-order valence-corrected chi connectivity index (χ0v) is 11.6. The fourth-order valence-corrected chi connectivity index (χ4v) is 2.31. The van der Waals surface area contributed by atoms with Gasteiger partial charge in [0.1, 0.15) is 0 Å². The number of amides is 1. The van der Waals surface area contributed by atoms with E-state index < -0.39 is 11.6 Å². The van der Waals surface area contributed by atoms with Gasteiger partial charge in [0.05, 0.1) is 19.6 Å². The van der Waals surface area contributed by atoms with Crippen molar-refractivity contribution in [2.45, 2.75) is 6.42 Å². The fraction of sp³-hybridized carbons (Fsp3) is 0.429. The van der Waals surface area contributed by atoms with E-state index >= 15 is 0 Å². The van der Waals surface area contributed by atoms with E-state index in [4.69, 9.17) is 0 Å². The highest BCUT2D eigenvalue weighted by atomic mass is 19.2. The lowest BCUT2D eigenvalue weighted by Gasteiger charge is -2.15. The van der Waals surface area contributed by atoms with Crippen LogP contribution < -0.4 is 5.32 Å². The van der Waals surface area contributed by atoms with E-state index in [1.807, 2.05) is 4.90 Å². The molecule has 1 aromatic rings. The molecule has 1 amide bonds. The van der Waals surface area contributed by atoms with Gasteiger partial charge in [0.15, 0.2) is 11.6 Å². The Morgan fingerprint density at radius 3 is 2.81 bits per heavy atom. The Morgan fingerprint density at radius 1 is 1.38 bits per heavy atom. The molecule has 5 nitrogen and oxygen atoms in total. The number of esters is 1. The molecule has 0 aromatic heterocycles. The van der Waals surface area contributed by atoms with Crippen molar-refractivity contribution in [3.8, 4) is 0 Å². The molecule has 1 atom stereocenters. The molecule has 1 aromatic carbocycles. The quantitative estimate of drug-likeness (QED) is 0.854. The third-order valence-electron chi connectivity index (χ3n) is 3.38. The molecule has 0 spiro atoms. The number of methoxy groups -OCH3 is 1. The van der Waals surface area contributed by atoms with Crippen LogP contribution in [0.2, 0.25) is 0 Å². The number of carbonyl (C=O) groups excluding carboxylic acids is 2. The molecule has 114 valence electrons. The molecule has 1 aliphatic rings. The third-order valence-corrected chi connectivity index (χ3v) is 3.38. The fourth-order valence-electron chi connectivity index (χ4n) is 2.31. The van der Waals surface area contributed by atoms with Crippen molar-refractivity contribution in [1.29, 1.82) is 0 Å². The van der Waals surface area contributed by atoms with Crippen molar-refractivity contribution < 1.29 is 23.1 Å². The Hall–Kier alpha value is -2.02. The van der Waals surface area contributed by atoms with Crippen LogP contribution in [0.15, 0.2) is 18.2 Å². The van der Waals surface area contributed by atoms with Crippen molar-refractivity contribution in [2.75, 3.05) is 32.1 Å². The maximum atomic E-state index is 13.0. The minimum absolute atomic E-state index is 0.0898. The summed E-state index contributed by atoms with van der Waals surface area (Å²) >= 11 is 0. The average Bonchev–Trinajstić information content (AvgIpc) is 2.90. The molecule has 7 heteroatoms. The van der Waals surface area contributed by atoms with Gasteiger partial charge in [-0.1, -0.05) is 0 Å². The molecule has 2 rings (SSSR count). The van der Waals surface area contributed by atoms with Crippen molar-refractivity contribution in [3.63, 3.8) is 0 Å². The lowest BCUT2D eigenvalue weighted by atomic mass is 10.1. The Labute approximate surface area is 120 Å². The zero-order valence-electron chi connectivity index (χ0n) is 11.6. The summed E-state index contributed by atoms with van der Waals surface area (Å²) < 4.78 is 30.5. The van der Waals surface area contributed by atoms with Gasteiger partial charge < -0.3 is 10.1 Å². The maximum Gasteiger partial charge on any atom is 0.310 e. The highest BCUT2D eigenvalue weighted by molar-refractivity contribution is 5.92. The third kappa shape index (κ3) is 3.98. The summed E-state index contributed by atoms with van der Waals surface area (Å²) in [5.41, 5.74) is 0.197. The summed E-state index contributed by atoms with van der Waals surface area (Å²) in [6.07, 6.45) is 0.644. The number of halogens is 2. The Morgan fingerprint density at radius 2 is 2.14 bits per heavy atom. The van der Waals surface area contributed by atoms with Gasteiger partial charge >= 0.3 is 5.97 Å². The number of rotatable bonds is 4. The minimum atomic E-state index is -1.01. The average molecular weight is 298 g/mol. The topological polar surface area (TPSA) is 58.6 Å². The summed E-state index contributed by atoms with van der Waals surface area (Å²) in [6, 6.07) is 3.17. The predicted octanol–water partition coefficient (Wildman–Crippen LogP) is 1.40. The van der Waals surface area contributed by atoms with Crippen LogP contribution >= 0.6 is 0 Å². The molecule has 1 heterocycles. The predicted molar refractivity (Wildman–Crippen MR) is 71.6 cm³/mol. The summed E-state index contributed by atoms with van der Waals surface area (Å²) in [6.45, 7) is 1.16. The van der Waals surface area contributed by atoms with Crippen LogP contribution in [0.4, 0.5) is 14.5 Å². The standard InChI is InChI=1S/C14H16F2N2O3/c1-21-14(20)9-4-5-18(7-9)8-13(19)17-10-2-3-11(15)12(16)6-10/h2-3,6,9H,4-5,7-8H2,1H3,(H,17,19). The van der Waals surface area contributed by atoms with Gasteiger partial charge in [0, 0.05) is 18.3 Å². The van der Waals surface area contributed by atoms with Crippen LogP contribution in [0.1, 0.15) is 6.42 Å².